The van der Waals surface area contributed by atoms with Crippen LogP contribution in [0.3, 0.4) is 0 Å². The summed E-state index contributed by atoms with van der Waals surface area (Å²) in [5.41, 5.74) is 1.00. The van der Waals surface area contributed by atoms with Crippen LogP contribution in [0.25, 0.3) is 0 Å². The molecule has 0 spiro atoms. The van der Waals surface area contributed by atoms with Crippen LogP contribution in [0.2, 0.25) is 0 Å². The number of carbonyl (C=O) groups excluding carboxylic acids is 1. The lowest BCUT2D eigenvalue weighted by Crippen LogP contribution is -2.45. The summed E-state index contributed by atoms with van der Waals surface area (Å²) in [5.74, 6) is 1.53. The van der Waals surface area contributed by atoms with E-state index in [1.165, 1.54) is 0 Å². The Hall–Kier alpha value is -2.41. The number of amides is 1. The zero-order chi connectivity index (χ0) is 18.7. The van der Waals surface area contributed by atoms with E-state index < -0.39 is 0 Å². The Labute approximate surface area is 153 Å². The van der Waals surface area contributed by atoms with Crippen LogP contribution in [-0.2, 0) is 14.9 Å². The Kier molecular flexibility index (Phi) is 5.27. The van der Waals surface area contributed by atoms with Gasteiger partial charge in [0.2, 0.25) is 0 Å². The van der Waals surface area contributed by atoms with Gasteiger partial charge in [0, 0.05) is 6.54 Å². The highest BCUT2D eigenvalue weighted by Crippen LogP contribution is 2.31. The molecule has 1 aromatic carbocycles. The molecule has 7 heteroatoms. The Morgan fingerprint density at radius 3 is 2.81 bits per heavy atom. The highest BCUT2D eigenvalue weighted by atomic mass is 16.5. The molecule has 1 aromatic heterocycles. The average Bonchev–Trinajstić information content (AvgIpc) is 3.05. The first-order chi connectivity index (χ1) is 12.4. The molecule has 7 nitrogen and oxygen atoms in total. The molecule has 2 heterocycles. The van der Waals surface area contributed by atoms with Gasteiger partial charge in [-0.05, 0) is 24.0 Å². The first kappa shape index (κ1) is 18.4. The molecule has 1 aliphatic heterocycles. The SMILES string of the molecule is Cc1noc(C2COCCN2C(=O)COc2ccccc2C(C)(C)C)n1. The van der Waals surface area contributed by atoms with Crippen molar-refractivity contribution in [3.63, 3.8) is 0 Å². The third kappa shape index (κ3) is 4.04. The molecule has 1 saturated heterocycles. The molecule has 140 valence electrons. The van der Waals surface area contributed by atoms with Gasteiger partial charge >= 0.3 is 0 Å². The molecule has 1 amide bonds. The molecule has 26 heavy (non-hydrogen) atoms. The molecular formula is C19H25N3O4. The number of morpholine rings is 1. The first-order valence-electron chi connectivity index (χ1n) is 8.76. The second kappa shape index (κ2) is 7.45. The zero-order valence-corrected chi connectivity index (χ0v) is 15.7. The third-order valence-corrected chi connectivity index (χ3v) is 4.32. The van der Waals surface area contributed by atoms with E-state index in [1.807, 2.05) is 24.3 Å². The number of benzene rings is 1. The van der Waals surface area contributed by atoms with Gasteiger partial charge in [-0.1, -0.05) is 44.1 Å². The highest BCUT2D eigenvalue weighted by molar-refractivity contribution is 5.78. The van der Waals surface area contributed by atoms with Crippen LogP contribution in [0, 0.1) is 6.92 Å². The second-order valence-corrected chi connectivity index (χ2v) is 7.39. The Morgan fingerprint density at radius 1 is 1.35 bits per heavy atom. The molecule has 0 aliphatic carbocycles. The van der Waals surface area contributed by atoms with Crippen LogP contribution in [0.5, 0.6) is 5.75 Å². The molecule has 0 N–H and O–H groups in total. The van der Waals surface area contributed by atoms with Gasteiger partial charge in [0.25, 0.3) is 11.8 Å². The van der Waals surface area contributed by atoms with Crippen LogP contribution in [0.1, 0.15) is 44.1 Å². The monoisotopic (exact) mass is 359 g/mol. The van der Waals surface area contributed by atoms with Crippen molar-refractivity contribution in [2.45, 2.75) is 39.2 Å². The van der Waals surface area contributed by atoms with Crippen molar-refractivity contribution < 1.29 is 18.8 Å². The van der Waals surface area contributed by atoms with E-state index in [0.29, 0.717) is 31.5 Å². The number of ether oxygens (including phenoxy) is 2. The fraction of sp³-hybridized carbons (Fsp3) is 0.526. The minimum absolute atomic E-state index is 0.0449. The molecule has 1 aliphatic rings. The molecule has 0 radical (unpaired) electrons. The normalized spacial score (nSPS) is 18.0. The van der Waals surface area contributed by atoms with Gasteiger partial charge in [-0.3, -0.25) is 4.79 Å². The Morgan fingerprint density at radius 2 is 2.12 bits per heavy atom. The number of carbonyl (C=O) groups is 1. The number of hydrogen-bond acceptors (Lipinski definition) is 6. The summed E-state index contributed by atoms with van der Waals surface area (Å²) in [6, 6.07) is 7.43. The van der Waals surface area contributed by atoms with Crippen LogP contribution in [-0.4, -0.2) is 47.3 Å². The summed E-state index contributed by atoms with van der Waals surface area (Å²) in [4.78, 5) is 18.7. The fourth-order valence-electron chi connectivity index (χ4n) is 2.99. The summed E-state index contributed by atoms with van der Waals surface area (Å²) in [5, 5.41) is 3.81. The van der Waals surface area contributed by atoms with Gasteiger partial charge in [0.1, 0.15) is 11.8 Å². The van der Waals surface area contributed by atoms with E-state index in [0.717, 1.165) is 11.3 Å². The van der Waals surface area contributed by atoms with Crippen LogP contribution < -0.4 is 4.74 Å². The molecule has 2 aromatic rings. The zero-order valence-electron chi connectivity index (χ0n) is 15.7. The van der Waals surface area contributed by atoms with Crippen molar-refractivity contribution in [1.82, 2.24) is 15.0 Å². The van der Waals surface area contributed by atoms with Crippen LogP contribution in [0.4, 0.5) is 0 Å². The summed E-state index contributed by atoms with van der Waals surface area (Å²) < 4.78 is 16.6. The summed E-state index contributed by atoms with van der Waals surface area (Å²) in [7, 11) is 0. The summed E-state index contributed by atoms with van der Waals surface area (Å²) in [6.45, 7) is 9.34. The number of para-hydroxylation sites is 1. The van der Waals surface area contributed by atoms with Crippen molar-refractivity contribution in [1.29, 1.82) is 0 Å². The van der Waals surface area contributed by atoms with E-state index in [4.69, 9.17) is 14.0 Å². The lowest BCUT2D eigenvalue weighted by molar-refractivity contribution is -0.143. The fourth-order valence-corrected chi connectivity index (χ4v) is 2.99. The number of hydrogen-bond donors (Lipinski definition) is 0. The second-order valence-electron chi connectivity index (χ2n) is 7.39. The smallest absolute Gasteiger partial charge is 0.261 e. The maximum Gasteiger partial charge on any atom is 0.261 e. The Balaban J connectivity index is 1.71. The maximum atomic E-state index is 12.8. The van der Waals surface area contributed by atoms with Gasteiger partial charge < -0.3 is 18.9 Å². The van der Waals surface area contributed by atoms with Crippen LogP contribution >= 0.6 is 0 Å². The van der Waals surface area contributed by atoms with Crippen molar-refractivity contribution >= 4 is 5.91 Å². The van der Waals surface area contributed by atoms with E-state index in [1.54, 1.807) is 11.8 Å². The lowest BCUT2D eigenvalue weighted by Gasteiger charge is -2.33. The number of rotatable bonds is 4. The molecule has 1 atom stereocenters. The van der Waals surface area contributed by atoms with Gasteiger partial charge in [0.15, 0.2) is 12.4 Å². The Bertz CT molecular complexity index is 766. The molecule has 0 bridgehead atoms. The first-order valence-corrected chi connectivity index (χ1v) is 8.76. The predicted molar refractivity (Wildman–Crippen MR) is 94.9 cm³/mol. The van der Waals surface area contributed by atoms with E-state index in [-0.39, 0.29) is 24.0 Å². The van der Waals surface area contributed by atoms with Gasteiger partial charge in [-0.15, -0.1) is 0 Å². The molecule has 1 unspecified atom stereocenters. The van der Waals surface area contributed by atoms with Crippen molar-refractivity contribution in [2.75, 3.05) is 26.4 Å². The van der Waals surface area contributed by atoms with Crippen LogP contribution in [0.15, 0.2) is 28.8 Å². The standard InChI is InChI=1S/C19H25N3O4/c1-13-20-18(26-21-13)15-11-24-10-9-22(15)17(23)12-25-16-8-6-5-7-14(16)19(2,3)4/h5-8,15H,9-12H2,1-4H3. The number of aryl methyl sites for hydroxylation is 1. The minimum Gasteiger partial charge on any atom is -0.483 e. The predicted octanol–water partition coefficient (Wildman–Crippen LogP) is 2.65. The quantitative estimate of drug-likeness (QED) is 0.835. The van der Waals surface area contributed by atoms with E-state index in [9.17, 15) is 4.79 Å². The minimum atomic E-state index is -0.376. The molecule has 0 saturated carbocycles. The lowest BCUT2D eigenvalue weighted by atomic mass is 9.86. The average molecular weight is 359 g/mol. The third-order valence-electron chi connectivity index (χ3n) is 4.32. The topological polar surface area (TPSA) is 77.7 Å². The van der Waals surface area contributed by atoms with Crippen molar-refractivity contribution in [3.05, 3.63) is 41.5 Å². The largest absolute Gasteiger partial charge is 0.483 e. The summed E-state index contributed by atoms with van der Waals surface area (Å²) in [6.07, 6.45) is 0. The van der Waals surface area contributed by atoms with Crippen molar-refractivity contribution in [3.8, 4) is 5.75 Å². The van der Waals surface area contributed by atoms with Gasteiger partial charge in [-0.25, -0.2) is 0 Å². The van der Waals surface area contributed by atoms with Gasteiger partial charge in [-0.2, -0.15) is 4.98 Å². The van der Waals surface area contributed by atoms with E-state index in [2.05, 4.69) is 30.9 Å². The number of aromatic nitrogens is 2. The van der Waals surface area contributed by atoms with E-state index >= 15 is 0 Å². The highest BCUT2D eigenvalue weighted by Gasteiger charge is 2.33. The summed E-state index contributed by atoms with van der Waals surface area (Å²) >= 11 is 0. The van der Waals surface area contributed by atoms with Crippen molar-refractivity contribution in [2.24, 2.45) is 0 Å². The molecule has 3 rings (SSSR count). The van der Waals surface area contributed by atoms with Gasteiger partial charge in [0.05, 0.1) is 13.2 Å². The number of nitrogens with zero attached hydrogens (tertiary/aromatic N) is 3. The maximum absolute atomic E-state index is 12.8. The molecule has 1 fully saturated rings. The molecular weight excluding hydrogens is 334 g/mol.